The number of halogens is 4. The largest absolute Gasteiger partial charge is 0.360 e. The van der Waals surface area contributed by atoms with Crippen LogP contribution in [0.4, 0.5) is 0 Å². The van der Waals surface area contributed by atoms with Gasteiger partial charge in [0.25, 0.3) is 0 Å². The third-order valence-corrected chi connectivity index (χ3v) is 7.60. The first kappa shape index (κ1) is 15.5. The topological polar surface area (TPSA) is 40.5 Å². The molecule has 0 saturated heterocycles. The summed E-state index contributed by atoms with van der Waals surface area (Å²) in [4.78, 5) is -0.602. The van der Waals surface area contributed by atoms with Crippen LogP contribution >= 0.6 is 63.7 Å². The van der Waals surface area contributed by atoms with Crippen LogP contribution in [0.25, 0.3) is 26.0 Å². The molecule has 3 aromatic rings. The molecule has 0 heterocycles. The van der Waals surface area contributed by atoms with Gasteiger partial charge in [0.05, 0.1) is 9.31 Å². The van der Waals surface area contributed by atoms with Gasteiger partial charge in [-0.2, -0.15) is 0 Å². The summed E-state index contributed by atoms with van der Waals surface area (Å²) in [7, 11) is 0. The van der Waals surface area contributed by atoms with Crippen molar-refractivity contribution < 1.29 is 10.2 Å². The predicted molar refractivity (Wildman–Crippen MR) is 103 cm³/mol. The van der Waals surface area contributed by atoms with E-state index in [1.807, 2.05) is 30.3 Å². The average Bonchev–Trinajstić information content (AvgIpc) is 2.49. The van der Waals surface area contributed by atoms with Crippen LogP contribution < -0.4 is 5.22 Å². The van der Waals surface area contributed by atoms with E-state index in [-0.39, 0.29) is 0 Å². The minimum Gasteiger partial charge on any atom is -0.360 e. The molecular formula is C16H8Br4O2. The number of hydrogen-bond acceptors (Lipinski definition) is 2. The minimum atomic E-state index is -1.97. The van der Waals surface area contributed by atoms with Crippen LogP contribution in [-0.4, -0.2) is 16.0 Å². The first-order valence-corrected chi connectivity index (χ1v) is 9.75. The maximum Gasteiger partial charge on any atom is 0.214 e. The van der Waals surface area contributed by atoms with E-state index < -0.39 is 10.6 Å². The van der Waals surface area contributed by atoms with E-state index in [1.54, 1.807) is 0 Å². The van der Waals surface area contributed by atoms with Gasteiger partial charge in [-0.25, -0.2) is 0 Å². The summed E-state index contributed by atoms with van der Waals surface area (Å²) in [5.41, 5.74) is 0.867. The first-order valence-electron chi connectivity index (χ1n) is 6.46. The van der Waals surface area contributed by atoms with Crippen LogP contribution in [0.15, 0.2) is 39.3 Å². The van der Waals surface area contributed by atoms with Crippen molar-refractivity contribution in [1.82, 2.24) is 0 Å². The molecule has 0 saturated carbocycles. The van der Waals surface area contributed by atoms with E-state index in [4.69, 9.17) is 0 Å². The summed E-state index contributed by atoms with van der Waals surface area (Å²) in [5, 5.41) is 26.0. The molecule has 2 N–H and O–H groups in total. The van der Waals surface area contributed by atoms with Crippen LogP contribution in [0.1, 0.15) is 10.4 Å². The standard InChI is InChI=1S/C16H8Br4O2/c17-10-5-11(18)7-2-4-9-13-8(3-1-6(10)12(7)13)14(19)16(21,22)15(9)20/h1-5,14,21-22H. The Morgan fingerprint density at radius 2 is 1.45 bits per heavy atom. The Morgan fingerprint density at radius 3 is 2.09 bits per heavy atom. The fourth-order valence-electron chi connectivity index (χ4n) is 3.11. The summed E-state index contributed by atoms with van der Waals surface area (Å²) >= 11 is 14.0. The third kappa shape index (κ3) is 1.88. The Bertz CT molecular complexity index is 989. The quantitative estimate of drug-likeness (QED) is 0.309. The second kappa shape index (κ2) is 5.01. The fourth-order valence-corrected chi connectivity index (χ4v) is 6.01. The average molecular weight is 552 g/mol. The van der Waals surface area contributed by atoms with Crippen LogP contribution in [0.5, 0.6) is 0 Å². The van der Waals surface area contributed by atoms with Crippen molar-refractivity contribution in [2.24, 2.45) is 0 Å². The zero-order valence-electron chi connectivity index (χ0n) is 10.9. The minimum absolute atomic E-state index is 0.375. The van der Waals surface area contributed by atoms with Crippen molar-refractivity contribution in [1.29, 1.82) is 0 Å². The number of rotatable bonds is 0. The van der Waals surface area contributed by atoms with Crippen LogP contribution in [0.3, 0.4) is 0 Å². The number of hydrogen-bond donors (Lipinski definition) is 2. The van der Waals surface area contributed by atoms with Crippen LogP contribution in [-0.2, 0) is 0 Å². The summed E-state index contributed by atoms with van der Waals surface area (Å²) < 4.78 is 2.38. The van der Waals surface area contributed by atoms with E-state index >= 15 is 0 Å². The Balaban J connectivity index is 2.39. The SMILES string of the molecule is OC1(O)C(Br)=c2ccc3c(Br)cc(Br)c4ccc(c2c43)C1Br. The van der Waals surface area contributed by atoms with Gasteiger partial charge >= 0.3 is 0 Å². The molecule has 1 aliphatic rings. The highest BCUT2D eigenvalue weighted by Gasteiger charge is 2.41. The molecule has 22 heavy (non-hydrogen) atoms. The maximum atomic E-state index is 10.4. The molecule has 0 amide bonds. The molecule has 1 unspecified atom stereocenters. The van der Waals surface area contributed by atoms with E-state index in [0.717, 1.165) is 41.3 Å². The molecule has 3 aromatic carbocycles. The summed E-state index contributed by atoms with van der Waals surface area (Å²) in [6, 6.07) is 9.91. The molecule has 0 bridgehead atoms. The Morgan fingerprint density at radius 1 is 0.864 bits per heavy atom. The van der Waals surface area contributed by atoms with E-state index in [1.165, 1.54) is 0 Å². The lowest BCUT2D eigenvalue weighted by Gasteiger charge is -2.32. The summed E-state index contributed by atoms with van der Waals surface area (Å²) in [6.07, 6.45) is 0. The molecular weight excluding hydrogens is 544 g/mol. The smallest absolute Gasteiger partial charge is 0.214 e. The fraction of sp³-hybridized carbons (Fsp3) is 0.125. The van der Waals surface area contributed by atoms with Gasteiger partial charge < -0.3 is 10.2 Å². The normalized spacial score (nSPS) is 20.1. The molecule has 1 atom stereocenters. The lowest BCUT2D eigenvalue weighted by atomic mass is 9.88. The third-order valence-electron chi connectivity index (χ3n) is 4.15. The van der Waals surface area contributed by atoms with E-state index in [0.29, 0.717) is 4.48 Å². The molecule has 0 radical (unpaired) electrons. The van der Waals surface area contributed by atoms with E-state index in [9.17, 15) is 10.2 Å². The van der Waals surface area contributed by atoms with Crippen molar-refractivity contribution in [3.05, 3.63) is 50.1 Å². The molecule has 0 fully saturated rings. The van der Waals surface area contributed by atoms with Gasteiger partial charge in [0.1, 0.15) is 0 Å². The molecule has 0 spiro atoms. The lowest BCUT2D eigenvalue weighted by Crippen LogP contribution is -2.39. The number of benzene rings is 3. The van der Waals surface area contributed by atoms with Crippen molar-refractivity contribution in [3.8, 4) is 0 Å². The van der Waals surface area contributed by atoms with Gasteiger partial charge in [-0.1, -0.05) is 72.1 Å². The van der Waals surface area contributed by atoms with Gasteiger partial charge in [-0.3, -0.25) is 0 Å². The van der Waals surface area contributed by atoms with Crippen molar-refractivity contribution in [2.75, 3.05) is 0 Å². The van der Waals surface area contributed by atoms with Gasteiger partial charge in [0.2, 0.25) is 5.79 Å². The highest BCUT2D eigenvalue weighted by Crippen LogP contribution is 2.47. The zero-order chi connectivity index (χ0) is 15.8. The zero-order valence-corrected chi connectivity index (χ0v) is 17.2. The predicted octanol–water partition coefficient (Wildman–Crippen LogP) is 4.87. The van der Waals surface area contributed by atoms with E-state index in [2.05, 4.69) is 63.7 Å². The van der Waals surface area contributed by atoms with Crippen LogP contribution in [0, 0.1) is 0 Å². The monoisotopic (exact) mass is 548 g/mol. The molecule has 2 nitrogen and oxygen atoms in total. The van der Waals surface area contributed by atoms with Crippen molar-refractivity contribution in [3.63, 3.8) is 0 Å². The lowest BCUT2D eigenvalue weighted by molar-refractivity contribution is -0.105. The Hall–Kier alpha value is 0.0200. The van der Waals surface area contributed by atoms with Crippen LogP contribution in [0.2, 0.25) is 0 Å². The van der Waals surface area contributed by atoms with Crippen molar-refractivity contribution in [2.45, 2.75) is 10.6 Å². The highest BCUT2D eigenvalue weighted by atomic mass is 79.9. The second-order valence-corrected chi connectivity index (χ2v) is 8.77. The Labute approximate surface area is 159 Å². The summed E-state index contributed by atoms with van der Waals surface area (Å²) in [6.45, 7) is 0. The maximum absolute atomic E-state index is 10.4. The molecule has 112 valence electrons. The molecule has 6 heteroatoms. The number of aliphatic hydroxyl groups is 2. The molecule has 4 rings (SSSR count). The van der Waals surface area contributed by atoms with Gasteiger partial charge in [-0.05, 0) is 54.3 Å². The highest BCUT2D eigenvalue weighted by molar-refractivity contribution is 9.15. The summed E-state index contributed by atoms with van der Waals surface area (Å²) in [5.74, 6) is -1.97. The molecule has 0 aromatic heterocycles. The van der Waals surface area contributed by atoms with Gasteiger partial charge in [0, 0.05) is 8.95 Å². The van der Waals surface area contributed by atoms with Gasteiger partial charge in [-0.15, -0.1) is 0 Å². The first-order chi connectivity index (χ1) is 10.3. The molecule has 0 aliphatic heterocycles. The Kier molecular flexibility index (Phi) is 3.54. The molecule has 1 aliphatic carbocycles. The number of alkyl halides is 1. The van der Waals surface area contributed by atoms with Gasteiger partial charge in [0.15, 0.2) is 0 Å². The van der Waals surface area contributed by atoms with Crippen molar-refractivity contribution >= 4 is 89.7 Å². The second-order valence-electron chi connectivity index (χ2n) is 5.36.